The third-order valence-electron chi connectivity index (χ3n) is 3.85. The van der Waals surface area contributed by atoms with Crippen molar-refractivity contribution >= 4 is 44.8 Å². The number of hydroxylamine groups is 1. The highest BCUT2D eigenvalue weighted by atomic mass is 35.5. The number of ether oxygens (including phenoxy) is 1. The van der Waals surface area contributed by atoms with Crippen molar-refractivity contribution < 1.29 is 27.6 Å². The van der Waals surface area contributed by atoms with Crippen LogP contribution in [-0.2, 0) is 19.7 Å². The number of benzene rings is 2. The van der Waals surface area contributed by atoms with E-state index in [0.717, 1.165) is 6.07 Å². The molecule has 0 saturated heterocycles. The predicted molar refractivity (Wildman–Crippen MR) is 109 cm³/mol. The standard InChI is InChI=1S/C18H20ClN3O6S/c1-11(23)20-15-8-6-13(27-3)10-16(15)21-18(24)12-5-7-14(19)17(9-12)29(25,26)22(2)28-4/h5-10H,1-4H3,(H,20,23)(H,21,24). The van der Waals surface area contributed by atoms with Crippen molar-refractivity contribution in [2.45, 2.75) is 11.8 Å². The van der Waals surface area contributed by atoms with Crippen molar-refractivity contribution in [3.8, 4) is 5.75 Å². The van der Waals surface area contributed by atoms with Gasteiger partial charge in [0.05, 0.1) is 30.6 Å². The van der Waals surface area contributed by atoms with Gasteiger partial charge < -0.3 is 15.4 Å². The maximum atomic E-state index is 12.7. The Morgan fingerprint density at radius 2 is 1.72 bits per heavy atom. The van der Waals surface area contributed by atoms with Crippen LogP contribution in [0.15, 0.2) is 41.3 Å². The van der Waals surface area contributed by atoms with E-state index in [-0.39, 0.29) is 27.1 Å². The second-order valence-corrected chi connectivity index (χ2v) is 8.10. The normalized spacial score (nSPS) is 11.2. The molecular weight excluding hydrogens is 422 g/mol. The minimum absolute atomic E-state index is 0.0362. The van der Waals surface area contributed by atoms with Gasteiger partial charge in [-0.3, -0.25) is 14.4 Å². The Balaban J connectivity index is 2.42. The number of carbonyl (C=O) groups excluding carboxylic acids is 2. The first kappa shape index (κ1) is 22.6. The van der Waals surface area contributed by atoms with E-state index in [0.29, 0.717) is 15.9 Å². The lowest BCUT2D eigenvalue weighted by Crippen LogP contribution is -2.26. The first-order chi connectivity index (χ1) is 13.6. The minimum atomic E-state index is -4.06. The van der Waals surface area contributed by atoms with Crippen molar-refractivity contribution in [3.63, 3.8) is 0 Å². The number of nitrogens with zero attached hydrogens (tertiary/aromatic N) is 1. The summed E-state index contributed by atoms with van der Waals surface area (Å²) >= 11 is 6.01. The number of amides is 2. The maximum absolute atomic E-state index is 12.7. The first-order valence-electron chi connectivity index (χ1n) is 8.19. The summed E-state index contributed by atoms with van der Waals surface area (Å²) in [5, 5.41) is 5.17. The van der Waals surface area contributed by atoms with E-state index in [2.05, 4.69) is 10.6 Å². The molecule has 156 valence electrons. The quantitative estimate of drug-likeness (QED) is 0.638. The van der Waals surface area contributed by atoms with Crippen LogP contribution in [-0.4, -0.2) is 46.0 Å². The van der Waals surface area contributed by atoms with E-state index >= 15 is 0 Å². The largest absolute Gasteiger partial charge is 0.497 e. The summed E-state index contributed by atoms with van der Waals surface area (Å²) in [5.74, 6) is -0.485. The van der Waals surface area contributed by atoms with Gasteiger partial charge in [0, 0.05) is 25.6 Å². The number of rotatable bonds is 7. The van der Waals surface area contributed by atoms with Gasteiger partial charge in [-0.15, -0.1) is 0 Å². The fourth-order valence-corrected chi connectivity index (χ4v) is 3.80. The maximum Gasteiger partial charge on any atom is 0.266 e. The number of nitrogens with one attached hydrogen (secondary N) is 2. The summed E-state index contributed by atoms with van der Waals surface area (Å²) in [5.41, 5.74) is 0.666. The van der Waals surface area contributed by atoms with Crippen LogP contribution in [0, 0.1) is 0 Å². The molecule has 2 aromatic carbocycles. The van der Waals surface area contributed by atoms with Gasteiger partial charge in [-0.25, -0.2) is 8.42 Å². The Bertz CT molecular complexity index is 1040. The molecule has 0 radical (unpaired) electrons. The SMILES string of the molecule is COc1ccc(NC(C)=O)c(NC(=O)c2ccc(Cl)c(S(=O)(=O)N(C)OC)c2)c1. The second-order valence-electron chi connectivity index (χ2n) is 5.79. The fourth-order valence-electron chi connectivity index (χ4n) is 2.33. The van der Waals surface area contributed by atoms with Gasteiger partial charge in [-0.05, 0) is 30.3 Å². The lowest BCUT2D eigenvalue weighted by molar-refractivity contribution is -0.114. The molecular formula is C18H20ClN3O6S. The van der Waals surface area contributed by atoms with E-state index in [1.165, 1.54) is 46.4 Å². The zero-order valence-electron chi connectivity index (χ0n) is 16.1. The van der Waals surface area contributed by atoms with Crippen LogP contribution in [0.1, 0.15) is 17.3 Å². The molecule has 0 spiro atoms. The molecule has 0 fully saturated rings. The fraction of sp³-hybridized carbons (Fsp3) is 0.222. The molecule has 0 heterocycles. The van der Waals surface area contributed by atoms with E-state index in [1.807, 2.05) is 0 Å². The molecule has 11 heteroatoms. The van der Waals surface area contributed by atoms with E-state index < -0.39 is 15.9 Å². The van der Waals surface area contributed by atoms with E-state index in [1.54, 1.807) is 12.1 Å². The number of halogens is 1. The Labute approximate surface area is 173 Å². The van der Waals surface area contributed by atoms with E-state index in [9.17, 15) is 18.0 Å². The van der Waals surface area contributed by atoms with Crippen LogP contribution in [0.25, 0.3) is 0 Å². The monoisotopic (exact) mass is 441 g/mol. The molecule has 0 aliphatic heterocycles. The third kappa shape index (κ3) is 5.24. The summed E-state index contributed by atoms with van der Waals surface area (Å²) in [6.07, 6.45) is 0. The molecule has 0 aliphatic carbocycles. The average Bonchev–Trinajstić information content (AvgIpc) is 2.68. The smallest absolute Gasteiger partial charge is 0.266 e. The van der Waals surface area contributed by atoms with Crippen LogP contribution < -0.4 is 15.4 Å². The molecule has 2 N–H and O–H groups in total. The van der Waals surface area contributed by atoms with Crippen molar-refractivity contribution in [1.82, 2.24) is 4.47 Å². The molecule has 0 saturated carbocycles. The van der Waals surface area contributed by atoms with Crippen LogP contribution >= 0.6 is 11.6 Å². The Hall–Kier alpha value is -2.66. The van der Waals surface area contributed by atoms with Gasteiger partial charge in [0.2, 0.25) is 5.91 Å². The van der Waals surface area contributed by atoms with Gasteiger partial charge in [0.1, 0.15) is 10.6 Å². The molecule has 29 heavy (non-hydrogen) atoms. The van der Waals surface area contributed by atoms with Crippen molar-refractivity contribution in [2.75, 3.05) is 31.9 Å². The molecule has 0 aliphatic rings. The van der Waals surface area contributed by atoms with Crippen LogP contribution in [0.5, 0.6) is 5.75 Å². The van der Waals surface area contributed by atoms with Crippen LogP contribution in [0.2, 0.25) is 5.02 Å². The minimum Gasteiger partial charge on any atom is -0.497 e. The zero-order valence-corrected chi connectivity index (χ0v) is 17.7. The van der Waals surface area contributed by atoms with E-state index in [4.69, 9.17) is 21.2 Å². The molecule has 0 unspecified atom stereocenters. The average molecular weight is 442 g/mol. The lowest BCUT2D eigenvalue weighted by Gasteiger charge is -2.16. The highest BCUT2D eigenvalue weighted by molar-refractivity contribution is 7.89. The van der Waals surface area contributed by atoms with Gasteiger partial charge in [0.25, 0.3) is 15.9 Å². The summed E-state index contributed by atoms with van der Waals surface area (Å²) in [7, 11) is -0.210. The van der Waals surface area contributed by atoms with Crippen LogP contribution in [0.3, 0.4) is 0 Å². The first-order valence-corrected chi connectivity index (χ1v) is 10.0. The van der Waals surface area contributed by atoms with Crippen molar-refractivity contribution in [3.05, 3.63) is 47.0 Å². The van der Waals surface area contributed by atoms with Gasteiger partial charge in [0.15, 0.2) is 0 Å². The number of sulfonamides is 1. The highest BCUT2D eigenvalue weighted by Gasteiger charge is 2.25. The summed E-state index contributed by atoms with van der Waals surface area (Å²) in [6.45, 7) is 1.33. The molecule has 2 aromatic rings. The van der Waals surface area contributed by atoms with Gasteiger partial charge in [-0.1, -0.05) is 16.1 Å². The summed E-state index contributed by atoms with van der Waals surface area (Å²) in [6, 6.07) is 8.53. The Kier molecular flexibility index (Phi) is 7.20. The Morgan fingerprint density at radius 3 is 2.31 bits per heavy atom. The number of anilines is 2. The molecule has 2 amide bonds. The number of methoxy groups -OCH3 is 1. The molecule has 0 bridgehead atoms. The number of hydrogen-bond donors (Lipinski definition) is 2. The third-order valence-corrected chi connectivity index (χ3v) is 6.01. The zero-order chi connectivity index (χ0) is 21.8. The molecule has 9 nitrogen and oxygen atoms in total. The number of hydrogen-bond acceptors (Lipinski definition) is 6. The topological polar surface area (TPSA) is 114 Å². The predicted octanol–water partition coefficient (Wildman–Crippen LogP) is 2.74. The summed E-state index contributed by atoms with van der Waals surface area (Å²) in [4.78, 5) is 28.6. The van der Waals surface area contributed by atoms with Crippen molar-refractivity contribution in [1.29, 1.82) is 0 Å². The summed E-state index contributed by atoms with van der Waals surface area (Å²) < 4.78 is 30.8. The molecule has 2 rings (SSSR count). The van der Waals surface area contributed by atoms with Crippen LogP contribution in [0.4, 0.5) is 11.4 Å². The molecule has 0 aromatic heterocycles. The van der Waals surface area contributed by atoms with Gasteiger partial charge >= 0.3 is 0 Å². The van der Waals surface area contributed by atoms with Crippen molar-refractivity contribution in [2.24, 2.45) is 0 Å². The Morgan fingerprint density at radius 1 is 1.03 bits per heavy atom. The molecule has 0 atom stereocenters. The number of carbonyl (C=O) groups is 2. The highest BCUT2D eigenvalue weighted by Crippen LogP contribution is 2.29. The lowest BCUT2D eigenvalue weighted by atomic mass is 10.2. The second kappa shape index (κ2) is 9.23. The van der Waals surface area contributed by atoms with Gasteiger partial charge in [-0.2, -0.15) is 0 Å².